The van der Waals surface area contributed by atoms with Gasteiger partial charge >= 0.3 is 0 Å². The van der Waals surface area contributed by atoms with Crippen molar-refractivity contribution in [2.24, 2.45) is 0 Å². The predicted molar refractivity (Wildman–Crippen MR) is 123 cm³/mol. The third kappa shape index (κ3) is 3.96. The van der Waals surface area contributed by atoms with Crippen LogP contribution in [0.4, 0.5) is 0 Å². The topological polar surface area (TPSA) is 88.6 Å². The molecule has 0 saturated carbocycles. The number of piperidine rings is 1. The van der Waals surface area contributed by atoms with Crippen molar-refractivity contribution in [1.29, 1.82) is 0 Å². The third-order valence-electron chi connectivity index (χ3n) is 6.36. The maximum Gasteiger partial charge on any atom is 0.264 e. The first-order valence-corrected chi connectivity index (χ1v) is 12.0. The molecule has 1 aliphatic rings. The Bertz CT molecular complexity index is 1260. The molecule has 4 rings (SSSR count). The van der Waals surface area contributed by atoms with Crippen LogP contribution in [0.15, 0.2) is 59.6 Å². The average Bonchev–Trinajstić information content (AvgIpc) is 2.79. The normalized spacial score (nSPS) is 16.6. The summed E-state index contributed by atoms with van der Waals surface area (Å²) in [6, 6.07) is 13.9. The Labute approximate surface area is 188 Å². The number of sulfonamides is 1. The number of amides is 1. The number of nitrogens with one attached hydrogen (secondary N) is 1. The van der Waals surface area contributed by atoms with Crippen LogP contribution in [-0.2, 0) is 20.2 Å². The average molecular weight is 454 g/mol. The summed E-state index contributed by atoms with van der Waals surface area (Å²) in [4.78, 5) is 20.2. The SMILES string of the molecule is COc1ccc(C)c(C2(C(=O)NS(=O)(=O)c3cccc4ncccc34)CCN(C)CC2)c1. The fourth-order valence-corrected chi connectivity index (χ4v) is 5.72. The summed E-state index contributed by atoms with van der Waals surface area (Å²) in [7, 11) is -0.530. The van der Waals surface area contributed by atoms with E-state index in [2.05, 4.69) is 14.6 Å². The van der Waals surface area contributed by atoms with Gasteiger partial charge in [-0.25, -0.2) is 13.1 Å². The summed E-state index contributed by atoms with van der Waals surface area (Å²) >= 11 is 0. The highest BCUT2D eigenvalue weighted by atomic mass is 32.2. The maximum atomic E-state index is 13.7. The summed E-state index contributed by atoms with van der Waals surface area (Å²) < 4.78 is 34.5. The molecule has 1 saturated heterocycles. The first kappa shape index (κ1) is 22.2. The number of hydrogen-bond donors (Lipinski definition) is 1. The minimum Gasteiger partial charge on any atom is -0.497 e. The van der Waals surface area contributed by atoms with Crippen molar-refractivity contribution in [3.8, 4) is 5.75 Å². The number of benzene rings is 2. The highest BCUT2D eigenvalue weighted by molar-refractivity contribution is 7.90. The molecule has 1 fully saturated rings. The molecule has 0 atom stereocenters. The molecule has 168 valence electrons. The zero-order valence-corrected chi connectivity index (χ0v) is 19.3. The fourth-order valence-electron chi connectivity index (χ4n) is 4.45. The number of carbonyl (C=O) groups excluding carboxylic acids is 1. The second-order valence-corrected chi connectivity index (χ2v) is 9.98. The Morgan fingerprint density at radius 2 is 1.88 bits per heavy atom. The quantitative estimate of drug-likeness (QED) is 0.639. The van der Waals surface area contributed by atoms with Crippen LogP contribution in [-0.4, -0.2) is 51.5 Å². The number of hydrogen-bond acceptors (Lipinski definition) is 6. The number of aryl methyl sites for hydroxylation is 1. The van der Waals surface area contributed by atoms with E-state index in [-0.39, 0.29) is 4.90 Å². The number of nitrogens with zero attached hydrogens (tertiary/aromatic N) is 2. The van der Waals surface area contributed by atoms with Crippen LogP contribution >= 0.6 is 0 Å². The number of fused-ring (bicyclic) bond motifs is 1. The molecule has 1 N–H and O–H groups in total. The van der Waals surface area contributed by atoms with Crippen molar-refractivity contribution in [2.45, 2.75) is 30.1 Å². The van der Waals surface area contributed by atoms with E-state index in [1.54, 1.807) is 37.6 Å². The largest absolute Gasteiger partial charge is 0.497 e. The van der Waals surface area contributed by atoms with Crippen molar-refractivity contribution >= 4 is 26.8 Å². The Balaban J connectivity index is 1.77. The van der Waals surface area contributed by atoms with E-state index in [9.17, 15) is 13.2 Å². The molecule has 0 radical (unpaired) electrons. The van der Waals surface area contributed by atoms with E-state index in [1.165, 1.54) is 6.07 Å². The van der Waals surface area contributed by atoms with Gasteiger partial charge in [0.25, 0.3) is 10.0 Å². The number of aromatic nitrogens is 1. The van der Waals surface area contributed by atoms with Crippen molar-refractivity contribution in [3.63, 3.8) is 0 Å². The summed E-state index contributed by atoms with van der Waals surface area (Å²) in [6.45, 7) is 3.30. The fraction of sp³-hybridized carbons (Fsp3) is 0.333. The van der Waals surface area contributed by atoms with Crippen molar-refractivity contribution in [3.05, 3.63) is 65.9 Å². The van der Waals surface area contributed by atoms with Gasteiger partial charge in [0, 0.05) is 11.6 Å². The Morgan fingerprint density at radius 1 is 1.12 bits per heavy atom. The van der Waals surface area contributed by atoms with Gasteiger partial charge in [0.1, 0.15) is 5.75 Å². The highest BCUT2D eigenvalue weighted by Crippen LogP contribution is 2.39. The molecule has 1 aromatic heterocycles. The van der Waals surface area contributed by atoms with Crippen LogP contribution in [0.3, 0.4) is 0 Å². The molecule has 0 bridgehead atoms. The second kappa shape index (κ2) is 8.52. The Morgan fingerprint density at radius 3 is 2.59 bits per heavy atom. The van der Waals surface area contributed by atoms with E-state index in [0.717, 1.165) is 11.1 Å². The number of rotatable bonds is 5. The molecule has 2 aromatic carbocycles. The van der Waals surface area contributed by atoms with E-state index in [4.69, 9.17) is 4.74 Å². The molecule has 1 aliphatic heterocycles. The number of pyridine rings is 1. The van der Waals surface area contributed by atoms with Gasteiger partial charge < -0.3 is 9.64 Å². The zero-order valence-electron chi connectivity index (χ0n) is 18.5. The lowest BCUT2D eigenvalue weighted by molar-refractivity contribution is -0.126. The van der Waals surface area contributed by atoms with Crippen LogP contribution in [0.1, 0.15) is 24.0 Å². The molecule has 32 heavy (non-hydrogen) atoms. The summed E-state index contributed by atoms with van der Waals surface area (Å²) in [5.74, 6) is 0.127. The number of likely N-dealkylation sites (tertiary alicyclic amines) is 1. The molecule has 0 aliphatic carbocycles. The van der Waals surface area contributed by atoms with Gasteiger partial charge in [0.05, 0.1) is 22.9 Å². The summed E-state index contributed by atoms with van der Waals surface area (Å²) in [5.41, 5.74) is 1.32. The first-order chi connectivity index (χ1) is 15.3. The van der Waals surface area contributed by atoms with Gasteiger partial charge in [0.15, 0.2) is 0 Å². The number of methoxy groups -OCH3 is 1. The molecule has 8 heteroatoms. The van der Waals surface area contributed by atoms with Crippen LogP contribution in [0.2, 0.25) is 0 Å². The lowest BCUT2D eigenvalue weighted by atomic mass is 9.70. The standard InChI is InChI=1S/C24H27N3O4S/c1-17-9-10-18(31-3)16-20(17)24(11-14-27(2)15-12-24)23(28)26-32(29,30)22-8-4-7-21-19(22)6-5-13-25-21/h4-10,13,16H,11-12,14-15H2,1-3H3,(H,26,28). The minimum atomic E-state index is -4.11. The van der Waals surface area contributed by atoms with Crippen LogP contribution in [0, 0.1) is 6.92 Å². The molecule has 1 amide bonds. The van der Waals surface area contributed by atoms with E-state index in [1.807, 2.05) is 32.2 Å². The Kier molecular flexibility index (Phi) is 5.92. The van der Waals surface area contributed by atoms with Gasteiger partial charge in [-0.05, 0) is 87.4 Å². The third-order valence-corrected chi connectivity index (χ3v) is 7.75. The van der Waals surface area contributed by atoms with Gasteiger partial charge in [-0.1, -0.05) is 12.1 Å². The zero-order chi connectivity index (χ0) is 22.9. The molecule has 2 heterocycles. The Hall–Kier alpha value is -2.97. The second-order valence-electron chi connectivity index (χ2n) is 8.33. The van der Waals surface area contributed by atoms with Crippen LogP contribution < -0.4 is 9.46 Å². The monoisotopic (exact) mass is 453 g/mol. The molecule has 0 unspecified atom stereocenters. The highest BCUT2D eigenvalue weighted by Gasteiger charge is 2.45. The van der Waals surface area contributed by atoms with Gasteiger partial charge in [0.2, 0.25) is 5.91 Å². The van der Waals surface area contributed by atoms with Gasteiger partial charge in [-0.3, -0.25) is 9.78 Å². The van der Waals surface area contributed by atoms with E-state index in [0.29, 0.717) is 42.6 Å². The van der Waals surface area contributed by atoms with Gasteiger partial charge in [-0.2, -0.15) is 0 Å². The van der Waals surface area contributed by atoms with Crippen molar-refractivity contribution < 1.29 is 17.9 Å². The maximum absolute atomic E-state index is 13.7. The number of carbonyl (C=O) groups is 1. The lowest BCUT2D eigenvalue weighted by Gasteiger charge is -2.40. The molecule has 3 aromatic rings. The van der Waals surface area contributed by atoms with E-state index >= 15 is 0 Å². The molecular formula is C24H27N3O4S. The van der Waals surface area contributed by atoms with Crippen molar-refractivity contribution in [2.75, 3.05) is 27.2 Å². The van der Waals surface area contributed by atoms with Crippen molar-refractivity contribution in [1.82, 2.24) is 14.6 Å². The predicted octanol–water partition coefficient (Wildman–Crippen LogP) is 3.02. The lowest BCUT2D eigenvalue weighted by Crippen LogP contribution is -2.52. The van der Waals surface area contributed by atoms with E-state index < -0.39 is 21.3 Å². The summed E-state index contributed by atoms with van der Waals surface area (Å²) in [6.07, 6.45) is 2.63. The molecule has 7 nitrogen and oxygen atoms in total. The summed E-state index contributed by atoms with van der Waals surface area (Å²) in [5, 5.41) is 0.477. The molecule has 0 spiro atoms. The van der Waals surface area contributed by atoms with Crippen LogP contribution in [0.25, 0.3) is 10.9 Å². The molecular weight excluding hydrogens is 426 g/mol. The minimum absolute atomic E-state index is 0.0434. The smallest absolute Gasteiger partial charge is 0.264 e. The first-order valence-electron chi connectivity index (χ1n) is 10.5. The van der Waals surface area contributed by atoms with Gasteiger partial charge in [-0.15, -0.1) is 0 Å². The van der Waals surface area contributed by atoms with Crippen LogP contribution in [0.5, 0.6) is 5.75 Å². The number of ether oxygens (including phenoxy) is 1.